The summed E-state index contributed by atoms with van der Waals surface area (Å²) in [5.74, 6) is -1.07. The number of hydrogen-bond acceptors (Lipinski definition) is 5. The van der Waals surface area contributed by atoms with E-state index in [1.54, 1.807) is 13.0 Å². The molecule has 0 saturated carbocycles. The van der Waals surface area contributed by atoms with E-state index in [4.69, 9.17) is 4.42 Å². The lowest BCUT2D eigenvalue weighted by Gasteiger charge is -2.16. The molecule has 3 aromatic rings. The molecule has 7 heteroatoms. The molecule has 140 valence electrons. The maximum Gasteiger partial charge on any atom is 0.350 e. The van der Waals surface area contributed by atoms with Crippen LogP contribution in [0.4, 0.5) is 0 Å². The minimum absolute atomic E-state index is 0.0387. The largest absolute Gasteiger partial charge is 0.507 e. The highest BCUT2D eigenvalue weighted by molar-refractivity contribution is 9.10. The Bertz CT molecular complexity index is 1050. The molecule has 3 N–H and O–H groups in total. The number of aryl methyl sites for hydroxylation is 1. The molecule has 1 heterocycles. The molecule has 27 heavy (non-hydrogen) atoms. The van der Waals surface area contributed by atoms with Gasteiger partial charge in [0.05, 0.1) is 5.56 Å². The quantitative estimate of drug-likeness (QED) is 0.517. The maximum absolute atomic E-state index is 12.0. The Morgan fingerprint density at radius 3 is 2.59 bits per heavy atom. The summed E-state index contributed by atoms with van der Waals surface area (Å²) in [4.78, 5) is 23.6. The lowest BCUT2D eigenvalue weighted by molar-refractivity contribution is -0.139. The number of rotatable bonds is 6. The maximum atomic E-state index is 12.0. The Hall–Kier alpha value is -2.64. The number of hydrogen-bond donors (Lipinski definition) is 3. The van der Waals surface area contributed by atoms with Gasteiger partial charge >= 0.3 is 11.6 Å². The second-order valence-electron chi connectivity index (χ2n) is 6.23. The van der Waals surface area contributed by atoms with E-state index in [1.807, 2.05) is 30.3 Å². The molecule has 0 unspecified atom stereocenters. The van der Waals surface area contributed by atoms with Crippen molar-refractivity contribution in [3.63, 3.8) is 0 Å². The highest BCUT2D eigenvalue weighted by Gasteiger charge is 2.20. The van der Waals surface area contributed by atoms with E-state index in [-0.39, 0.29) is 24.3 Å². The topological polar surface area (TPSA) is 99.8 Å². The van der Waals surface area contributed by atoms with Crippen LogP contribution in [-0.4, -0.2) is 22.2 Å². The van der Waals surface area contributed by atoms with Gasteiger partial charge in [-0.15, -0.1) is 0 Å². The van der Waals surface area contributed by atoms with Crippen molar-refractivity contribution in [1.82, 2.24) is 5.32 Å². The van der Waals surface area contributed by atoms with Crippen molar-refractivity contribution < 1.29 is 19.4 Å². The molecule has 1 atom stereocenters. The number of nitrogens with one attached hydrogen (secondary N) is 1. The van der Waals surface area contributed by atoms with Crippen LogP contribution in [0, 0.1) is 6.92 Å². The standard InChI is InChI=1S/C20H18BrNO5/c1-11-13-7-8-16(23)14(18(13)27-20(26)17(11)21)10-22-15(19(24)25)9-12-5-3-2-4-6-12/h2-8,15,22-23H,9-10H2,1H3,(H,24,25)/t15-/m0/s1. The molecular weight excluding hydrogens is 414 g/mol. The van der Waals surface area contributed by atoms with E-state index < -0.39 is 17.6 Å². The molecule has 6 nitrogen and oxygen atoms in total. The summed E-state index contributed by atoms with van der Waals surface area (Å²) in [6, 6.07) is 11.6. The fourth-order valence-corrected chi connectivity index (χ4v) is 3.23. The fourth-order valence-electron chi connectivity index (χ4n) is 2.93. The van der Waals surface area contributed by atoms with Gasteiger partial charge in [0, 0.05) is 11.9 Å². The zero-order chi connectivity index (χ0) is 19.6. The second kappa shape index (κ2) is 7.94. The highest BCUT2D eigenvalue weighted by atomic mass is 79.9. The van der Waals surface area contributed by atoms with Gasteiger partial charge in [0.2, 0.25) is 0 Å². The summed E-state index contributed by atoms with van der Waals surface area (Å²) in [5.41, 5.74) is 1.62. The predicted octanol–water partition coefficient (Wildman–Crippen LogP) is 3.36. The number of carbonyl (C=O) groups is 1. The molecule has 0 spiro atoms. The normalized spacial score (nSPS) is 12.2. The second-order valence-corrected chi connectivity index (χ2v) is 7.02. The molecule has 0 aliphatic carbocycles. The van der Waals surface area contributed by atoms with Crippen molar-refractivity contribution in [1.29, 1.82) is 0 Å². The average molecular weight is 432 g/mol. The summed E-state index contributed by atoms with van der Waals surface area (Å²) < 4.78 is 5.67. The van der Waals surface area contributed by atoms with Crippen LogP contribution in [0.5, 0.6) is 5.75 Å². The number of phenolic OH excluding ortho intramolecular Hbond substituents is 1. The van der Waals surface area contributed by atoms with Crippen LogP contribution in [0.15, 0.2) is 56.1 Å². The summed E-state index contributed by atoms with van der Waals surface area (Å²) in [7, 11) is 0. The smallest absolute Gasteiger partial charge is 0.350 e. The first-order chi connectivity index (χ1) is 12.9. The molecule has 2 aromatic carbocycles. The van der Waals surface area contributed by atoms with Crippen LogP contribution < -0.4 is 10.9 Å². The van der Waals surface area contributed by atoms with Crippen LogP contribution in [-0.2, 0) is 17.8 Å². The van der Waals surface area contributed by atoms with Crippen LogP contribution in [0.2, 0.25) is 0 Å². The van der Waals surface area contributed by atoms with Crippen LogP contribution in [0.25, 0.3) is 11.0 Å². The van der Waals surface area contributed by atoms with E-state index in [0.717, 1.165) is 5.56 Å². The van der Waals surface area contributed by atoms with Gasteiger partial charge in [0.15, 0.2) is 0 Å². The summed E-state index contributed by atoms with van der Waals surface area (Å²) in [6.07, 6.45) is 0.288. The van der Waals surface area contributed by atoms with Gasteiger partial charge in [-0.05, 0) is 52.5 Å². The van der Waals surface area contributed by atoms with Crippen molar-refractivity contribution in [2.24, 2.45) is 0 Å². The van der Waals surface area contributed by atoms with Crippen molar-refractivity contribution in [2.75, 3.05) is 0 Å². The van der Waals surface area contributed by atoms with Crippen LogP contribution in [0.1, 0.15) is 16.7 Å². The Labute approximate surface area is 163 Å². The molecule has 1 aromatic heterocycles. The van der Waals surface area contributed by atoms with E-state index in [0.29, 0.717) is 21.0 Å². The summed E-state index contributed by atoms with van der Waals surface area (Å²) in [6.45, 7) is 1.81. The zero-order valence-electron chi connectivity index (χ0n) is 14.5. The number of halogens is 1. The number of aliphatic carboxylic acids is 1. The Morgan fingerprint density at radius 2 is 1.93 bits per heavy atom. The highest BCUT2D eigenvalue weighted by Crippen LogP contribution is 2.30. The van der Waals surface area contributed by atoms with Gasteiger partial charge in [-0.2, -0.15) is 0 Å². The fraction of sp³-hybridized carbons (Fsp3) is 0.200. The monoisotopic (exact) mass is 431 g/mol. The van der Waals surface area contributed by atoms with Crippen molar-refractivity contribution in [3.8, 4) is 5.75 Å². The lowest BCUT2D eigenvalue weighted by atomic mass is 10.0. The van der Waals surface area contributed by atoms with Crippen molar-refractivity contribution in [2.45, 2.75) is 25.9 Å². The van der Waals surface area contributed by atoms with Crippen molar-refractivity contribution >= 4 is 32.9 Å². The molecule has 3 rings (SSSR count). The van der Waals surface area contributed by atoms with Crippen LogP contribution in [0.3, 0.4) is 0 Å². The molecule has 0 amide bonds. The molecule has 0 bridgehead atoms. The number of benzene rings is 2. The Balaban J connectivity index is 1.92. The van der Waals surface area contributed by atoms with E-state index in [1.165, 1.54) is 6.07 Å². The number of aromatic hydroxyl groups is 1. The first-order valence-corrected chi connectivity index (χ1v) is 9.11. The molecule has 0 fully saturated rings. The van der Waals surface area contributed by atoms with E-state index in [2.05, 4.69) is 21.2 Å². The summed E-state index contributed by atoms with van der Waals surface area (Å²) in [5, 5.41) is 23.4. The lowest BCUT2D eigenvalue weighted by Crippen LogP contribution is -2.38. The van der Waals surface area contributed by atoms with Gasteiger partial charge in [-0.3, -0.25) is 10.1 Å². The minimum atomic E-state index is -1.00. The molecular formula is C20H18BrNO5. The zero-order valence-corrected chi connectivity index (χ0v) is 16.1. The number of fused-ring (bicyclic) bond motifs is 1. The van der Waals surface area contributed by atoms with E-state index in [9.17, 15) is 19.8 Å². The SMILES string of the molecule is Cc1c(Br)c(=O)oc2c(CN[C@@H](Cc3ccccc3)C(=O)O)c(O)ccc12. The first kappa shape index (κ1) is 19.1. The minimum Gasteiger partial charge on any atom is -0.507 e. The third-order valence-electron chi connectivity index (χ3n) is 4.45. The van der Waals surface area contributed by atoms with Gasteiger partial charge in [0.25, 0.3) is 0 Å². The van der Waals surface area contributed by atoms with Crippen molar-refractivity contribution in [3.05, 3.63) is 74.0 Å². The van der Waals surface area contributed by atoms with Crippen LogP contribution >= 0.6 is 15.9 Å². The Morgan fingerprint density at radius 1 is 1.22 bits per heavy atom. The molecule has 0 aliphatic heterocycles. The molecule has 0 aliphatic rings. The van der Waals surface area contributed by atoms with Gasteiger partial charge in [-0.25, -0.2) is 4.79 Å². The predicted molar refractivity (Wildman–Crippen MR) is 105 cm³/mol. The Kier molecular flexibility index (Phi) is 5.62. The average Bonchev–Trinajstić information content (AvgIpc) is 2.65. The van der Waals surface area contributed by atoms with Gasteiger partial charge in [0.1, 0.15) is 21.8 Å². The van der Waals surface area contributed by atoms with Gasteiger partial charge in [-0.1, -0.05) is 30.3 Å². The molecule has 0 radical (unpaired) electrons. The number of carboxylic acid groups (broad SMARTS) is 1. The summed E-state index contributed by atoms with van der Waals surface area (Å²) >= 11 is 3.20. The number of carboxylic acids is 1. The third-order valence-corrected chi connectivity index (χ3v) is 5.37. The number of phenols is 1. The van der Waals surface area contributed by atoms with E-state index >= 15 is 0 Å². The first-order valence-electron chi connectivity index (χ1n) is 8.32. The molecule has 0 saturated heterocycles. The third kappa shape index (κ3) is 4.04. The van der Waals surface area contributed by atoms with Gasteiger partial charge < -0.3 is 14.6 Å².